The number of nitrogens with one attached hydrogen (secondary N) is 1. The van der Waals surface area contributed by atoms with Gasteiger partial charge in [0.25, 0.3) is 5.91 Å². The van der Waals surface area contributed by atoms with Crippen molar-refractivity contribution in [2.75, 3.05) is 20.3 Å². The molecule has 3 rings (SSSR count). The van der Waals surface area contributed by atoms with Crippen molar-refractivity contribution in [3.63, 3.8) is 0 Å². The van der Waals surface area contributed by atoms with Crippen LogP contribution in [0.15, 0.2) is 78.9 Å². The topological polar surface area (TPSA) is 67.9 Å². The predicted octanol–water partition coefficient (Wildman–Crippen LogP) is 4.50. The average Bonchev–Trinajstić information content (AvgIpc) is 2.85. The van der Waals surface area contributed by atoms with Gasteiger partial charge in [-0.15, -0.1) is 0 Å². The van der Waals surface area contributed by atoms with Crippen molar-refractivity contribution in [2.45, 2.75) is 25.9 Å². The lowest BCUT2D eigenvalue weighted by atomic mass is 10.0. The van der Waals surface area contributed by atoms with E-state index in [1.807, 2.05) is 55.5 Å². The fourth-order valence-corrected chi connectivity index (χ4v) is 3.85. The first-order valence-electron chi connectivity index (χ1n) is 11.1. The molecule has 3 aromatic rings. The van der Waals surface area contributed by atoms with Gasteiger partial charge in [-0.2, -0.15) is 0 Å². The lowest BCUT2D eigenvalue weighted by Gasteiger charge is -2.31. The molecule has 7 heteroatoms. The lowest BCUT2D eigenvalue weighted by Crippen LogP contribution is -2.51. The molecule has 0 bridgehead atoms. The molecule has 1 atom stereocenters. The van der Waals surface area contributed by atoms with Crippen LogP contribution in [0.4, 0.5) is 0 Å². The van der Waals surface area contributed by atoms with E-state index in [0.29, 0.717) is 29.5 Å². The number of methoxy groups -OCH3 is 1. The SMILES string of the molecule is CCNC(=O)[C@@H](Cc1ccccc1)N(Cc1cccc(Cl)c1)C(=O)COc1ccccc1OC. The van der Waals surface area contributed by atoms with Gasteiger partial charge in [0.2, 0.25) is 5.91 Å². The minimum atomic E-state index is -0.727. The van der Waals surface area contributed by atoms with E-state index in [1.165, 1.54) is 0 Å². The van der Waals surface area contributed by atoms with E-state index < -0.39 is 6.04 Å². The van der Waals surface area contributed by atoms with Gasteiger partial charge >= 0.3 is 0 Å². The molecule has 0 saturated carbocycles. The maximum Gasteiger partial charge on any atom is 0.261 e. The molecule has 0 aromatic heterocycles. The van der Waals surface area contributed by atoms with E-state index in [1.54, 1.807) is 42.3 Å². The Kier molecular flexibility index (Phi) is 9.35. The third-order valence-electron chi connectivity index (χ3n) is 5.28. The van der Waals surface area contributed by atoms with Crippen LogP contribution in [-0.2, 0) is 22.6 Å². The number of likely N-dealkylation sites (N-methyl/N-ethyl adjacent to an activating group) is 1. The van der Waals surface area contributed by atoms with Crippen LogP contribution in [0.25, 0.3) is 0 Å². The highest BCUT2D eigenvalue weighted by atomic mass is 35.5. The molecule has 6 nitrogen and oxygen atoms in total. The van der Waals surface area contributed by atoms with Gasteiger partial charge in [0.05, 0.1) is 7.11 Å². The van der Waals surface area contributed by atoms with Crippen molar-refractivity contribution < 1.29 is 19.1 Å². The standard InChI is InChI=1S/C27H29ClN2O4/c1-3-29-27(32)23(17-20-10-5-4-6-11-20)30(18-21-12-9-13-22(28)16-21)26(31)19-34-25-15-8-7-14-24(25)33-2/h4-16,23H,3,17-19H2,1-2H3,(H,29,32)/t23-/m1/s1. The summed E-state index contributed by atoms with van der Waals surface area (Å²) in [5.74, 6) is 0.442. The number of para-hydroxylation sites is 2. The number of hydrogen-bond donors (Lipinski definition) is 1. The number of ether oxygens (including phenoxy) is 2. The maximum absolute atomic E-state index is 13.5. The van der Waals surface area contributed by atoms with E-state index >= 15 is 0 Å². The average molecular weight is 481 g/mol. The van der Waals surface area contributed by atoms with Crippen molar-refractivity contribution in [3.8, 4) is 11.5 Å². The highest BCUT2D eigenvalue weighted by Gasteiger charge is 2.30. The summed E-state index contributed by atoms with van der Waals surface area (Å²) in [5.41, 5.74) is 1.77. The molecule has 0 fully saturated rings. The Morgan fingerprint density at radius 2 is 1.62 bits per heavy atom. The first kappa shape index (κ1) is 25.1. The van der Waals surface area contributed by atoms with Crippen molar-refractivity contribution in [3.05, 3.63) is 95.0 Å². The number of nitrogens with zero attached hydrogens (tertiary/aromatic N) is 1. The minimum Gasteiger partial charge on any atom is -0.493 e. The molecule has 0 aliphatic carbocycles. The van der Waals surface area contributed by atoms with Crippen LogP contribution in [0.5, 0.6) is 11.5 Å². The molecule has 0 radical (unpaired) electrons. The monoisotopic (exact) mass is 480 g/mol. The van der Waals surface area contributed by atoms with Gasteiger partial charge in [-0.1, -0.05) is 66.2 Å². The van der Waals surface area contributed by atoms with Crippen molar-refractivity contribution >= 4 is 23.4 Å². The summed E-state index contributed by atoms with van der Waals surface area (Å²) in [4.78, 5) is 28.2. The molecule has 0 unspecified atom stereocenters. The molecule has 1 N–H and O–H groups in total. The summed E-state index contributed by atoms with van der Waals surface area (Å²) < 4.78 is 11.1. The molecule has 3 aromatic carbocycles. The van der Waals surface area contributed by atoms with Crippen molar-refractivity contribution in [1.82, 2.24) is 10.2 Å². The number of halogens is 1. The summed E-state index contributed by atoms with van der Waals surface area (Å²) in [7, 11) is 1.54. The van der Waals surface area contributed by atoms with Crippen LogP contribution >= 0.6 is 11.6 Å². The van der Waals surface area contributed by atoms with Gasteiger partial charge < -0.3 is 19.7 Å². The lowest BCUT2D eigenvalue weighted by molar-refractivity contribution is -0.142. The number of hydrogen-bond acceptors (Lipinski definition) is 4. The molecule has 2 amide bonds. The zero-order valence-corrected chi connectivity index (χ0v) is 20.1. The Morgan fingerprint density at radius 1 is 0.941 bits per heavy atom. The summed E-state index contributed by atoms with van der Waals surface area (Å²) in [6, 6.07) is 23.3. The Balaban J connectivity index is 1.90. The van der Waals surface area contributed by atoms with Gasteiger partial charge in [-0.05, 0) is 42.3 Å². The maximum atomic E-state index is 13.5. The second-order valence-corrected chi connectivity index (χ2v) is 8.13. The van der Waals surface area contributed by atoms with E-state index in [9.17, 15) is 9.59 Å². The molecule has 0 aliphatic heterocycles. The molecular weight excluding hydrogens is 452 g/mol. The van der Waals surface area contributed by atoms with Gasteiger partial charge in [-0.3, -0.25) is 9.59 Å². The molecule has 34 heavy (non-hydrogen) atoms. The fraction of sp³-hybridized carbons (Fsp3) is 0.259. The third-order valence-corrected chi connectivity index (χ3v) is 5.52. The van der Waals surface area contributed by atoms with Gasteiger partial charge in [0, 0.05) is 24.5 Å². The van der Waals surface area contributed by atoms with Crippen molar-refractivity contribution in [1.29, 1.82) is 0 Å². The largest absolute Gasteiger partial charge is 0.493 e. The zero-order valence-electron chi connectivity index (χ0n) is 19.4. The number of carbonyl (C=O) groups is 2. The first-order valence-corrected chi connectivity index (χ1v) is 11.5. The molecule has 0 saturated heterocycles. The van der Waals surface area contributed by atoms with Crippen LogP contribution in [-0.4, -0.2) is 43.0 Å². The number of carbonyl (C=O) groups excluding carboxylic acids is 2. The molecule has 0 aliphatic rings. The number of benzene rings is 3. The van der Waals surface area contributed by atoms with Crippen LogP contribution in [0.3, 0.4) is 0 Å². The van der Waals surface area contributed by atoms with E-state index in [-0.39, 0.29) is 25.0 Å². The molecule has 178 valence electrons. The second kappa shape index (κ2) is 12.7. The summed E-state index contributed by atoms with van der Waals surface area (Å²) in [5, 5.41) is 3.43. The van der Waals surface area contributed by atoms with Crippen molar-refractivity contribution in [2.24, 2.45) is 0 Å². The van der Waals surface area contributed by atoms with Crippen LogP contribution in [0.2, 0.25) is 5.02 Å². The molecule has 0 spiro atoms. The number of rotatable bonds is 11. The second-order valence-electron chi connectivity index (χ2n) is 7.69. The minimum absolute atomic E-state index is 0.212. The Morgan fingerprint density at radius 3 is 2.29 bits per heavy atom. The normalized spacial score (nSPS) is 11.4. The Labute approximate surface area is 205 Å². The smallest absolute Gasteiger partial charge is 0.261 e. The quantitative estimate of drug-likeness (QED) is 0.438. The van der Waals surface area contributed by atoms with Crippen LogP contribution in [0, 0.1) is 0 Å². The van der Waals surface area contributed by atoms with E-state index in [2.05, 4.69) is 5.32 Å². The number of amides is 2. The van der Waals surface area contributed by atoms with E-state index in [4.69, 9.17) is 21.1 Å². The summed E-state index contributed by atoms with van der Waals surface area (Å²) in [6.07, 6.45) is 0.369. The molecular formula is C27H29ClN2O4. The molecule has 0 heterocycles. The summed E-state index contributed by atoms with van der Waals surface area (Å²) in [6.45, 7) is 2.28. The van der Waals surface area contributed by atoms with Crippen LogP contribution in [0.1, 0.15) is 18.1 Å². The fourth-order valence-electron chi connectivity index (χ4n) is 3.64. The first-order chi connectivity index (χ1) is 16.5. The Hall–Kier alpha value is -3.51. The summed E-state index contributed by atoms with van der Waals surface area (Å²) >= 11 is 6.18. The van der Waals surface area contributed by atoms with Gasteiger partial charge in [0.1, 0.15) is 6.04 Å². The highest BCUT2D eigenvalue weighted by Crippen LogP contribution is 2.26. The highest BCUT2D eigenvalue weighted by molar-refractivity contribution is 6.30. The Bertz CT molecular complexity index is 1090. The van der Waals surface area contributed by atoms with Gasteiger partial charge in [0.15, 0.2) is 18.1 Å². The zero-order chi connectivity index (χ0) is 24.3. The predicted molar refractivity (Wildman–Crippen MR) is 133 cm³/mol. The van der Waals surface area contributed by atoms with Crippen LogP contribution < -0.4 is 14.8 Å². The third kappa shape index (κ3) is 6.99. The van der Waals surface area contributed by atoms with E-state index in [0.717, 1.165) is 11.1 Å². The van der Waals surface area contributed by atoms with Gasteiger partial charge in [-0.25, -0.2) is 0 Å².